The van der Waals surface area contributed by atoms with Crippen molar-refractivity contribution in [1.29, 1.82) is 0 Å². The van der Waals surface area contributed by atoms with Crippen molar-refractivity contribution < 1.29 is 0 Å². The van der Waals surface area contributed by atoms with Gasteiger partial charge in [0.1, 0.15) is 0 Å². The lowest BCUT2D eigenvalue weighted by Crippen LogP contribution is -2.14. The molecular weight excluding hydrogens is 186 g/mol. The van der Waals surface area contributed by atoms with Crippen LogP contribution in [-0.4, -0.2) is 9.78 Å². The first-order chi connectivity index (χ1) is 7.08. The highest BCUT2D eigenvalue weighted by Gasteiger charge is 2.24. The summed E-state index contributed by atoms with van der Waals surface area (Å²) in [5, 5.41) is 4.65. The van der Waals surface area contributed by atoms with Crippen LogP contribution in [0.3, 0.4) is 0 Å². The fourth-order valence-electron chi connectivity index (χ4n) is 1.79. The Morgan fingerprint density at radius 2 is 2.13 bits per heavy atom. The lowest BCUT2D eigenvalue weighted by atomic mass is 10.1. The maximum absolute atomic E-state index is 5.96. The zero-order valence-corrected chi connectivity index (χ0v) is 9.90. The quantitative estimate of drug-likeness (QED) is 0.824. The highest BCUT2D eigenvalue weighted by molar-refractivity contribution is 5.16. The summed E-state index contributed by atoms with van der Waals surface area (Å²) in [5.74, 6) is 1.34. The molecule has 0 aromatic carbocycles. The highest BCUT2D eigenvalue weighted by atomic mass is 15.3. The molecule has 1 aliphatic rings. The van der Waals surface area contributed by atoms with Crippen LogP contribution in [0, 0.1) is 5.92 Å². The van der Waals surface area contributed by atoms with E-state index in [1.165, 1.54) is 24.2 Å². The fourth-order valence-corrected chi connectivity index (χ4v) is 1.79. The Morgan fingerprint density at radius 1 is 1.47 bits per heavy atom. The van der Waals surface area contributed by atoms with Crippen LogP contribution in [0.5, 0.6) is 0 Å². The van der Waals surface area contributed by atoms with Gasteiger partial charge in [0, 0.05) is 12.6 Å². The van der Waals surface area contributed by atoms with Crippen molar-refractivity contribution in [2.45, 2.75) is 52.1 Å². The van der Waals surface area contributed by atoms with Gasteiger partial charge < -0.3 is 5.73 Å². The van der Waals surface area contributed by atoms with Gasteiger partial charge in [-0.25, -0.2) is 0 Å². The molecule has 1 aliphatic carbocycles. The zero-order chi connectivity index (χ0) is 11.0. The summed E-state index contributed by atoms with van der Waals surface area (Å²) in [4.78, 5) is 0. The van der Waals surface area contributed by atoms with Crippen molar-refractivity contribution in [1.82, 2.24) is 9.78 Å². The number of hydrogen-bond acceptors (Lipinski definition) is 2. The highest BCUT2D eigenvalue weighted by Crippen LogP contribution is 2.31. The van der Waals surface area contributed by atoms with Gasteiger partial charge in [0.25, 0.3) is 0 Å². The molecule has 0 radical (unpaired) electrons. The molecule has 1 heterocycles. The summed E-state index contributed by atoms with van der Waals surface area (Å²) in [6, 6.07) is 2.25. The first kappa shape index (κ1) is 10.7. The predicted molar refractivity (Wildman–Crippen MR) is 61.6 cm³/mol. The van der Waals surface area contributed by atoms with Crippen LogP contribution < -0.4 is 5.73 Å². The molecular formula is C12H21N3. The number of aromatic nitrogens is 2. The molecule has 15 heavy (non-hydrogen) atoms. The maximum atomic E-state index is 5.96. The van der Waals surface area contributed by atoms with Crippen LogP contribution in [0.2, 0.25) is 0 Å². The van der Waals surface area contributed by atoms with Crippen LogP contribution in [0.4, 0.5) is 0 Å². The van der Waals surface area contributed by atoms with Gasteiger partial charge in [-0.3, -0.25) is 4.68 Å². The standard InChI is InChI=1S/C12H21N3/c1-8(2)11-6-12(9(3)13)15(14-11)7-10-4-5-10/h6,8-10H,4-5,7,13H2,1-3H3. The molecule has 1 unspecified atom stereocenters. The van der Waals surface area contributed by atoms with E-state index in [0.29, 0.717) is 5.92 Å². The van der Waals surface area contributed by atoms with E-state index in [2.05, 4.69) is 29.7 Å². The smallest absolute Gasteiger partial charge is 0.0653 e. The summed E-state index contributed by atoms with van der Waals surface area (Å²) in [6.07, 6.45) is 2.71. The Morgan fingerprint density at radius 3 is 2.60 bits per heavy atom. The number of nitrogens with zero attached hydrogens (tertiary/aromatic N) is 2. The average Bonchev–Trinajstić information content (AvgIpc) is 2.82. The second-order valence-electron chi connectivity index (χ2n) is 5.06. The second-order valence-corrected chi connectivity index (χ2v) is 5.06. The molecule has 1 aromatic heterocycles. The van der Waals surface area contributed by atoms with Crippen LogP contribution in [0.15, 0.2) is 6.07 Å². The van der Waals surface area contributed by atoms with Crippen molar-refractivity contribution in [3.8, 4) is 0 Å². The molecule has 0 bridgehead atoms. The van der Waals surface area contributed by atoms with Crippen LogP contribution in [0.25, 0.3) is 0 Å². The van der Waals surface area contributed by atoms with Gasteiger partial charge in [-0.2, -0.15) is 5.10 Å². The molecule has 0 saturated heterocycles. The molecule has 84 valence electrons. The van der Waals surface area contributed by atoms with E-state index in [-0.39, 0.29) is 6.04 Å². The first-order valence-electron chi connectivity index (χ1n) is 5.91. The third kappa shape index (κ3) is 2.40. The van der Waals surface area contributed by atoms with Gasteiger partial charge in [0.05, 0.1) is 11.4 Å². The summed E-state index contributed by atoms with van der Waals surface area (Å²) < 4.78 is 2.12. The van der Waals surface area contributed by atoms with Crippen molar-refractivity contribution in [3.63, 3.8) is 0 Å². The van der Waals surface area contributed by atoms with E-state index >= 15 is 0 Å². The summed E-state index contributed by atoms with van der Waals surface area (Å²) >= 11 is 0. The minimum atomic E-state index is 0.0868. The molecule has 3 nitrogen and oxygen atoms in total. The Bertz CT molecular complexity index is 335. The molecule has 2 rings (SSSR count). The van der Waals surface area contributed by atoms with Gasteiger partial charge in [-0.15, -0.1) is 0 Å². The van der Waals surface area contributed by atoms with Crippen molar-refractivity contribution in [2.24, 2.45) is 11.7 Å². The maximum Gasteiger partial charge on any atom is 0.0653 e. The Kier molecular flexibility index (Phi) is 2.83. The summed E-state index contributed by atoms with van der Waals surface area (Å²) in [5.41, 5.74) is 8.32. The van der Waals surface area contributed by atoms with Crippen LogP contribution >= 0.6 is 0 Å². The largest absolute Gasteiger partial charge is 0.323 e. The van der Waals surface area contributed by atoms with E-state index in [1.807, 2.05) is 6.92 Å². The molecule has 2 N–H and O–H groups in total. The fraction of sp³-hybridized carbons (Fsp3) is 0.750. The molecule has 1 aromatic rings. The van der Waals surface area contributed by atoms with E-state index in [9.17, 15) is 0 Å². The molecule has 1 saturated carbocycles. The van der Waals surface area contributed by atoms with Gasteiger partial charge in [0.2, 0.25) is 0 Å². The Labute approximate surface area is 91.7 Å². The lowest BCUT2D eigenvalue weighted by Gasteiger charge is -2.08. The van der Waals surface area contributed by atoms with Crippen molar-refractivity contribution >= 4 is 0 Å². The lowest BCUT2D eigenvalue weighted by molar-refractivity contribution is 0.516. The van der Waals surface area contributed by atoms with Gasteiger partial charge in [-0.05, 0) is 37.7 Å². The van der Waals surface area contributed by atoms with Gasteiger partial charge in [-0.1, -0.05) is 13.8 Å². The van der Waals surface area contributed by atoms with Crippen molar-refractivity contribution in [3.05, 3.63) is 17.5 Å². The molecule has 0 amide bonds. The minimum Gasteiger partial charge on any atom is -0.323 e. The van der Waals surface area contributed by atoms with Crippen LogP contribution in [0.1, 0.15) is 57.0 Å². The first-order valence-corrected chi connectivity index (χ1v) is 5.91. The van der Waals surface area contributed by atoms with E-state index < -0.39 is 0 Å². The monoisotopic (exact) mass is 207 g/mol. The molecule has 1 fully saturated rings. The molecule has 0 spiro atoms. The van der Waals surface area contributed by atoms with Crippen molar-refractivity contribution in [2.75, 3.05) is 0 Å². The van der Waals surface area contributed by atoms with E-state index in [1.54, 1.807) is 0 Å². The Hall–Kier alpha value is -0.830. The second kappa shape index (κ2) is 3.97. The van der Waals surface area contributed by atoms with E-state index in [4.69, 9.17) is 5.73 Å². The van der Waals surface area contributed by atoms with Gasteiger partial charge in [0.15, 0.2) is 0 Å². The third-order valence-electron chi connectivity index (χ3n) is 3.02. The summed E-state index contributed by atoms with van der Waals surface area (Å²) in [7, 11) is 0. The SMILES string of the molecule is CC(C)c1cc(C(C)N)n(CC2CC2)n1. The minimum absolute atomic E-state index is 0.0868. The molecule has 3 heteroatoms. The van der Waals surface area contributed by atoms with E-state index in [0.717, 1.165) is 12.5 Å². The zero-order valence-electron chi connectivity index (χ0n) is 9.90. The Balaban J connectivity index is 2.23. The van der Waals surface area contributed by atoms with Gasteiger partial charge >= 0.3 is 0 Å². The molecule has 1 atom stereocenters. The predicted octanol–water partition coefficient (Wildman–Crippen LogP) is 2.44. The average molecular weight is 207 g/mol. The topological polar surface area (TPSA) is 43.8 Å². The number of rotatable bonds is 4. The normalized spacial score (nSPS) is 18.5. The molecule has 0 aliphatic heterocycles. The third-order valence-corrected chi connectivity index (χ3v) is 3.02. The van der Waals surface area contributed by atoms with Crippen LogP contribution in [-0.2, 0) is 6.54 Å². The number of nitrogens with two attached hydrogens (primary N) is 1. The number of hydrogen-bond donors (Lipinski definition) is 1. The summed E-state index contributed by atoms with van der Waals surface area (Å²) in [6.45, 7) is 7.44.